The molecule has 0 aliphatic carbocycles. The number of nitrogens with one attached hydrogen (secondary N) is 1. The molecule has 1 fully saturated rings. The Labute approximate surface area is 127 Å². The van der Waals surface area contributed by atoms with Gasteiger partial charge in [0.2, 0.25) is 0 Å². The Morgan fingerprint density at radius 1 is 1.40 bits per heavy atom. The molecular weight excluding hydrogens is 272 g/mol. The van der Waals surface area contributed by atoms with E-state index in [2.05, 4.69) is 56.1 Å². The molecule has 4 heteroatoms. The second-order valence-electron chi connectivity index (χ2n) is 5.97. The first-order valence-electron chi connectivity index (χ1n) is 7.37. The zero-order chi connectivity index (χ0) is 14.7. The van der Waals surface area contributed by atoms with Crippen molar-refractivity contribution < 1.29 is 4.74 Å². The molecule has 3 nitrogen and oxygen atoms in total. The van der Waals surface area contributed by atoms with Crippen LogP contribution in [0.25, 0.3) is 0 Å². The van der Waals surface area contributed by atoms with Gasteiger partial charge in [-0.05, 0) is 31.5 Å². The van der Waals surface area contributed by atoms with E-state index in [1.54, 1.807) is 0 Å². The summed E-state index contributed by atoms with van der Waals surface area (Å²) in [5.74, 6) is 0. The SMILES string of the molecule is CC(C)NCc1ccc(N2CC(C)OCC2C)c(Cl)c1. The second-order valence-corrected chi connectivity index (χ2v) is 6.37. The van der Waals surface area contributed by atoms with Crippen molar-refractivity contribution in [3.63, 3.8) is 0 Å². The molecule has 1 N–H and O–H groups in total. The van der Waals surface area contributed by atoms with Gasteiger partial charge in [0, 0.05) is 25.2 Å². The van der Waals surface area contributed by atoms with Crippen LogP contribution in [0.5, 0.6) is 0 Å². The highest BCUT2D eigenvalue weighted by molar-refractivity contribution is 6.33. The van der Waals surface area contributed by atoms with Crippen molar-refractivity contribution in [1.82, 2.24) is 5.32 Å². The Hall–Kier alpha value is -0.770. The Balaban J connectivity index is 2.12. The fourth-order valence-electron chi connectivity index (χ4n) is 2.45. The molecule has 0 bridgehead atoms. The highest BCUT2D eigenvalue weighted by Crippen LogP contribution is 2.30. The predicted octanol–water partition coefficient (Wildman–Crippen LogP) is 3.45. The van der Waals surface area contributed by atoms with Crippen molar-refractivity contribution in [2.45, 2.75) is 52.4 Å². The Kier molecular flexibility index (Phi) is 5.30. The Bertz CT molecular complexity index is 450. The molecule has 1 heterocycles. The van der Waals surface area contributed by atoms with E-state index >= 15 is 0 Å². The van der Waals surface area contributed by atoms with E-state index in [1.807, 2.05) is 0 Å². The van der Waals surface area contributed by atoms with Crippen LogP contribution in [0.3, 0.4) is 0 Å². The average molecular weight is 297 g/mol. The summed E-state index contributed by atoms with van der Waals surface area (Å²) in [5, 5.41) is 4.24. The first-order valence-corrected chi connectivity index (χ1v) is 7.75. The standard InChI is InChI=1S/C16H25ClN2O/c1-11(2)18-8-14-5-6-16(15(17)7-14)19-9-13(4)20-10-12(19)3/h5-7,11-13,18H,8-10H2,1-4H3. The zero-order valence-electron chi connectivity index (χ0n) is 12.8. The molecule has 2 atom stereocenters. The van der Waals surface area contributed by atoms with Gasteiger partial charge in [-0.15, -0.1) is 0 Å². The summed E-state index contributed by atoms with van der Waals surface area (Å²) in [4.78, 5) is 2.34. The highest BCUT2D eigenvalue weighted by atomic mass is 35.5. The largest absolute Gasteiger partial charge is 0.375 e. The fourth-order valence-corrected chi connectivity index (χ4v) is 2.77. The van der Waals surface area contributed by atoms with Crippen LogP contribution in [0.2, 0.25) is 5.02 Å². The van der Waals surface area contributed by atoms with Gasteiger partial charge in [-0.2, -0.15) is 0 Å². The molecule has 0 radical (unpaired) electrons. The molecule has 2 unspecified atom stereocenters. The van der Waals surface area contributed by atoms with Gasteiger partial charge in [-0.1, -0.05) is 31.5 Å². The fraction of sp³-hybridized carbons (Fsp3) is 0.625. The lowest BCUT2D eigenvalue weighted by Gasteiger charge is -2.39. The molecule has 0 spiro atoms. The molecule has 1 aliphatic heterocycles. The summed E-state index contributed by atoms with van der Waals surface area (Å²) in [6.45, 7) is 11.1. The van der Waals surface area contributed by atoms with Crippen LogP contribution < -0.4 is 10.2 Å². The van der Waals surface area contributed by atoms with Gasteiger partial charge in [-0.25, -0.2) is 0 Å². The smallest absolute Gasteiger partial charge is 0.0723 e. The van der Waals surface area contributed by atoms with Crippen LogP contribution in [-0.4, -0.2) is 31.3 Å². The van der Waals surface area contributed by atoms with Gasteiger partial charge in [-0.3, -0.25) is 0 Å². The molecular formula is C16H25ClN2O. The molecule has 1 aromatic rings. The van der Waals surface area contributed by atoms with Gasteiger partial charge in [0.25, 0.3) is 0 Å². The molecule has 0 aromatic heterocycles. The first kappa shape index (κ1) is 15.6. The normalized spacial score (nSPS) is 23.4. The number of ether oxygens (including phenoxy) is 1. The van der Waals surface area contributed by atoms with Crippen LogP contribution >= 0.6 is 11.6 Å². The molecule has 20 heavy (non-hydrogen) atoms. The lowest BCUT2D eigenvalue weighted by atomic mass is 10.1. The highest BCUT2D eigenvalue weighted by Gasteiger charge is 2.25. The van der Waals surface area contributed by atoms with Crippen LogP contribution in [0, 0.1) is 0 Å². The summed E-state index contributed by atoms with van der Waals surface area (Å²) in [6, 6.07) is 7.20. The molecule has 0 saturated carbocycles. The summed E-state index contributed by atoms with van der Waals surface area (Å²) in [7, 11) is 0. The van der Waals surface area contributed by atoms with Crippen molar-refractivity contribution in [1.29, 1.82) is 0 Å². The van der Waals surface area contributed by atoms with E-state index in [4.69, 9.17) is 16.3 Å². The van der Waals surface area contributed by atoms with Gasteiger partial charge >= 0.3 is 0 Å². The molecule has 1 saturated heterocycles. The minimum Gasteiger partial charge on any atom is -0.375 e. The van der Waals surface area contributed by atoms with Crippen molar-refractivity contribution in [2.24, 2.45) is 0 Å². The first-order chi connectivity index (χ1) is 9.47. The van der Waals surface area contributed by atoms with E-state index in [-0.39, 0.29) is 6.10 Å². The number of morpholine rings is 1. The number of anilines is 1. The van der Waals surface area contributed by atoms with E-state index in [0.717, 1.165) is 30.4 Å². The molecule has 0 amide bonds. The van der Waals surface area contributed by atoms with Crippen LogP contribution in [0.15, 0.2) is 18.2 Å². The minimum atomic E-state index is 0.254. The third-order valence-corrected chi connectivity index (χ3v) is 3.95. The number of nitrogens with zero attached hydrogens (tertiary/aromatic N) is 1. The Morgan fingerprint density at radius 3 is 2.80 bits per heavy atom. The van der Waals surface area contributed by atoms with E-state index < -0.39 is 0 Å². The summed E-state index contributed by atoms with van der Waals surface area (Å²) < 4.78 is 5.68. The van der Waals surface area contributed by atoms with Crippen molar-refractivity contribution >= 4 is 17.3 Å². The quantitative estimate of drug-likeness (QED) is 0.921. The number of benzene rings is 1. The Morgan fingerprint density at radius 2 is 2.15 bits per heavy atom. The second kappa shape index (κ2) is 6.79. The van der Waals surface area contributed by atoms with Gasteiger partial charge < -0.3 is 15.0 Å². The monoisotopic (exact) mass is 296 g/mol. The zero-order valence-corrected chi connectivity index (χ0v) is 13.6. The molecule has 1 aromatic carbocycles. The lowest BCUT2D eigenvalue weighted by Crippen LogP contribution is -2.47. The maximum absolute atomic E-state index is 6.48. The lowest BCUT2D eigenvalue weighted by molar-refractivity contribution is 0.0344. The third kappa shape index (κ3) is 3.87. The van der Waals surface area contributed by atoms with E-state index in [0.29, 0.717) is 12.1 Å². The summed E-state index contributed by atoms with van der Waals surface area (Å²) in [6.07, 6.45) is 0.254. The predicted molar refractivity (Wildman–Crippen MR) is 85.6 cm³/mol. The number of hydrogen-bond acceptors (Lipinski definition) is 3. The van der Waals surface area contributed by atoms with Crippen molar-refractivity contribution in [3.05, 3.63) is 28.8 Å². The van der Waals surface area contributed by atoms with Gasteiger partial charge in [0.15, 0.2) is 0 Å². The number of halogens is 1. The van der Waals surface area contributed by atoms with Crippen molar-refractivity contribution in [3.8, 4) is 0 Å². The van der Waals surface area contributed by atoms with Crippen LogP contribution in [0.1, 0.15) is 33.3 Å². The third-order valence-electron chi connectivity index (χ3n) is 3.64. The van der Waals surface area contributed by atoms with Gasteiger partial charge in [0.05, 0.1) is 23.4 Å². The molecule has 112 valence electrons. The summed E-state index contributed by atoms with van der Waals surface area (Å²) in [5.41, 5.74) is 2.34. The van der Waals surface area contributed by atoms with Crippen LogP contribution in [0.4, 0.5) is 5.69 Å². The minimum absolute atomic E-state index is 0.254. The van der Waals surface area contributed by atoms with E-state index in [9.17, 15) is 0 Å². The molecule has 2 rings (SSSR count). The number of rotatable bonds is 4. The number of hydrogen-bond donors (Lipinski definition) is 1. The maximum atomic E-state index is 6.48. The summed E-state index contributed by atoms with van der Waals surface area (Å²) >= 11 is 6.48. The average Bonchev–Trinajstić information content (AvgIpc) is 2.39. The molecule has 1 aliphatic rings. The van der Waals surface area contributed by atoms with Crippen LogP contribution in [-0.2, 0) is 11.3 Å². The topological polar surface area (TPSA) is 24.5 Å². The van der Waals surface area contributed by atoms with Gasteiger partial charge in [0.1, 0.15) is 0 Å². The maximum Gasteiger partial charge on any atom is 0.0723 e. The van der Waals surface area contributed by atoms with Crippen molar-refractivity contribution in [2.75, 3.05) is 18.1 Å². The van der Waals surface area contributed by atoms with E-state index in [1.165, 1.54) is 5.56 Å².